The summed E-state index contributed by atoms with van der Waals surface area (Å²) in [5.41, 5.74) is 5.79. The van der Waals surface area contributed by atoms with Gasteiger partial charge in [-0.2, -0.15) is 0 Å². The van der Waals surface area contributed by atoms with Gasteiger partial charge in [0.2, 0.25) is 5.91 Å². The number of halogens is 1. The summed E-state index contributed by atoms with van der Waals surface area (Å²) < 4.78 is 0. The van der Waals surface area contributed by atoms with E-state index < -0.39 is 0 Å². The summed E-state index contributed by atoms with van der Waals surface area (Å²) in [6.45, 7) is 2.86. The summed E-state index contributed by atoms with van der Waals surface area (Å²) >= 11 is 0. The van der Waals surface area contributed by atoms with Crippen LogP contribution in [0.1, 0.15) is 64.7 Å². The SMILES string of the molecule is CCC(CC1CCCC1)C(=O)NC1CCCC1CN.Cl. The Balaban J connectivity index is 0.00000200. The maximum absolute atomic E-state index is 12.4. The van der Waals surface area contributed by atoms with Crippen LogP contribution in [0.2, 0.25) is 0 Å². The van der Waals surface area contributed by atoms with Crippen LogP contribution < -0.4 is 11.1 Å². The molecule has 0 saturated heterocycles. The van der Waals surface area contributed by atoms with Crippen LogP contribution in [0.3, 0.4) is 0 Å². The number of nitrogens with one attached hydrogen (secondary N) is 1. The van der Waals surface area contributed by atoms with Crippen molar-refractivity contribution in [3.8, 4) is 0 Å². The predicted molar refractivity (Wildman–Crippen MR) is 85.9 cm³/mol. The number of amides is 1. The summed E-state index contributed by atoms with van der Waals surface area (Å²) in [6, 6.07) is 0.343. The molecule has 0 heterocycles. The average molecular weight is 303 g/mol. The first-order chi connectivity index (χ1) is 9.24. The van der Waals surface area contributed by atoms with Gasteiger partial charge in [0.05, 0.1) is 0 Å². The molecule has 0 radical (unpaired) electrons. The van der Waals surface area contributed by atoms with Gasteiger partial charge in [-0.05, 0) is 44.1 Å². The molecule has 0 aromatic rings. The smallest absolute Gasteiger partial charge is 0.223 e. The van der Waals surface area contributed by atoms with Crippen molar-refractivity contribution in [2.75, 3.05) is 6.54 Å². The van der Waals surface area contributed by atoms with E-state index in [4.69, 9.17) is 5.73 Å². The Kier molecular flexibility index (Phi) is 7.90. The molecule has 2 rings (SSSR count). The van der Waals surface area contributed by atoms with Gasteiger partial charge in [0.1, 0.15) is 0 Å². The normalized spacial score (nSPS) is 28.1. The van der Waals surface area contributed by atoms with E-state index in [9.17, 15) is 4.79 Å². The largest absolute Gasteiger partial charge is 0.353 e. The maximum atomic E-state index is 12.4. The van der Waals surface area contributed by atoms with Crippen LogP contribution in [-0.2, 0) is 4.79 Å². The first-order valence-corrected chi connectivity index (χ1v) is 8.25. The highest BCUT2D eigenvalue weighted by molar-refractivity contribution is 5.85. The molecule has 20 heavy (non-hydrogen) atoms. The average Bonchev–Trinajstić information content (AvgIpc) is 3.06. The van der Waals surface area contributed by atoms with Crippen molar-refractivity contribution in [2.45, 2.75) is 70.8 Å². The zero-order valence-corrected chi connectivity index (χ0v) is 13.6. The Morgan fingerprint density at radius 2 is 1.90 bits per heavy atom. The van der Waals surface area contributed by atoms with Gasteiger partial charge in [-0.15, -0.1) is 12.4 Å². The number of hydrogen-bond donors (Lipinski definition) is 2. The Labute approximate surface area is 129 Å². The van der Waals surface area contributed by atoms with Gasteiger partial charge in [-0.3, -0.25) is 4.79 Å². The van der Waals surface area contributed by atoms with E-state index in [2.05, 4.69) is 12.2 Å². The second-order valence-corrected chi connectivity index (χ2v) is 6.53. The molecule has 4 heteroatoms. The van der Waals surface area contributed by atoms with Crippen molar-refractivity contribution in [1.82, 2.24) is 5.32 Å². The molecule has 1 amide bonds. The zero-order chi connectivity index (χ0) is 13.7. The van der Waals surface area contributed by atoms with E-state index in [1.807, 2.05) is 0 Å². The number of rotatable bonds is 6. The van der Waals surface area contributed by atoms with Crippen LogP contribution in [0.15, 0.2) is 0 Å². The Morgan fingerprint density at radius 1 is 1.20 bits per heavy atom. The fourth-order valence-corrected chi connectivity index (χ4v) is 3.92. The molecule has 2 aliphatic rings. The highest BCUT2D eigenvalue weighted by Gasteiger charge is 2.30. The molecule has 0 spiro atoms. The topological polar surface area (TPSA) is 55.1 Å². The number of nitrogens with two attached hydrogens (primary N) is 1. The molecule has 0 bridgehead atoms. The van der Waals surface area contributed by atoms with Crippen molar-refractivity contribution in [2.24, 2.45) is 23.5 Å². The van der Waals surface area contributed by atoms with Crippen molar-refractivity contribution in [3.05, 3.63) is 0 Å². The number of carbonyl (C=O) groups excluding carboxylic acids is 1. The Bertz CT molecular complexity index is 292. The Morgan fingerprint density at radius 3 is 2.50 bits per heavy atom. The number of carbonyl (C=O) groups is 1. The predicted octanol–water partition coefficient (Wildman–Crippen LogP) is 3.26. The molecule has 3 nitrogen and oxygen atoms in total. The second-order valence-electron chi connectivity index (χ2n) is 6.53. The highest BCUT2D eigenvalue weighted by Crippen LogP contribution is 2.32. The fraction of sp³-hybridized carbons (Fsp3) is 0.938. The van der Waals surface area contributed by atoms with Crippen molar-refractivity contribution < 1.29 is 4.79 Å². The van der Waals surface area contributed by atoms with E-state index in [0.29, 0.717) is 24.4 Å². The lowest BCUT2D eigenvalue weighted by atomic mass is 9.90. The molecule has 0 aliphatic heterocycles. The van der Waals surface area contributed by atoms with Crippen LogP contribution in [-0.4, -0.2) is 18.5 Å². The molecule has 118 valence electrons. The third-order valence-corrected chi connectivity index (χ3v) is 5.25. The lowest BCUT2D eigenvalue weighted by Crippen LogP contribution is -2.43. The van der Waals surface area contributed by atoms with Gasteiger partial charge in [0.15, 0.2) is 0 Å². The lowest BCUT2D eigenvalue weighted by molar-refractivity contribution is -0.126. The first kappa shape index (κ1) is 17.8. The number of hydrogen-bond acceptors (Lipinski definition) is 2. The maximum Gasteiger partial charge on any atom is 0.223 e. The molecular weight excluding hydrogens is 272 g/mol. The molecular formula is C16H31ClN2O. The molecule has 3 unspecified atom stereocenters. The third kappa shape index (κ3) is 4.63. The molecule has 2 aliphatic carbocycles. The van der Waals surface area contributed by atoms with Crippen LogP contribution in [0, 0.1) is 17.8 Å². The zero-order valence-electron chi connectivity index (χ0n) is 12.8. The van der Waals surface area contributed by atoms with Crippen molar-refractivity contribution in [1.29, 1.82) is 0 Å². The summed E-state index contributed by atoms with van der Waals surface area (Å²) in [5, 5.41) is 3.29. The Hall–Kier alpha value is -0.280. The molecule has 0 aromatic heterocycles. The standard InChI is InChI=1S/C16H30N2O.ClH/c1-2-13(10-12-6-3-4-7-12)16(19)18-15-9-5-8-14(15)11-17;/h12-15H,2-11,17H2,1H3,(H,18,19);1H. The molecule has 2 fully saturated rings. The highest BCUT2D eigenvalue weighted by atomic mass is 35.5. The molecule has 0 aromatic carbocycles. The van der Waals surface area contributed by atoms with Gasteiger partial charge in [-0.1, -0.05) is 39.0 Å². The van der Waals surface area contributed by atoms with Crippen LogP contribution in [0.5, 0.6) is 0 Å². The summed E-state index contributed by atoms with van der Waals surface area (Å²) in [5.74, 6) is 1.82. The molecule has 2 saturated carbocycles. The van der Waals surface area contributed by atoms with E-state index in [1.54, 1.807) is 0 Å². The minimum Gasteiger partial charge on any atom is -0.353 e. The quantitative estimate of drug-likeness (QED) is 0.791. The first-order valence-electron chi connectivity index (χ1n) is 8.25. The molecule has 3 atom stereocenters. The molecule has 3 N–H and O–H groups in total. The third-order valence-electron chi connectivity index (χ3n) is 5.25. The van der Waals surface area contributed by atoms with E-state index in [0.717, 1.165) is 25.2 Å². The van der Waals surface area contributed by atoms with Crippen molar-refractivity contribution >= 4 is 18.3 Å². The van der Waals surface area contributed by atoms with Crippen LogP contribution >= 0.6 is 12.4 Å². The van der Waals surface area contributed by atoms with Crippen LogP contribution in [0.4, 0.5) is 0 Å². The fourth-order valence-electron chi connectivity index (χ4n) is 3.92. The lowest BCUT2D eigenvalue weighted by Gasteiger charge is -2.24. The van der Waals surface area contributed by atoms with E-state index in [-0.39, 0.29) is 18.3 Å². The minimum absolute atomic E-state index is 0. The van der Waals surface area contributed by atoms with Gasteiger partial charge in [-0.25, -0.2) is 0 Å². The summed E-state index contributed by atoms with van der Waals surface area (Å²) in [6.07, 6.45) is 11.0. The second kappa shape index (κ2) is 8.89. The monoisotopic (exact) mass is 302 g/mol. The van der Waals surface area contributed by atoms with Gasteiger partial charge in [0.25, 0.3) is 0 Å². The van der Waals surface area contributed by atoms with Gasteiger partial charge >= 0.3 is 0 Å². The van der Waals surface area contributed by atoms with Crippen LogP contribution in [0.25, 0.3) is 0 Å². The van der Waals surface area contributed by atoms with E-state index >= 15 is 0 Å². The van der Waals surface area contributed by atoms with Gasteiger partial charge < -0.3 is 11.1 Å². The van der Waals surface area contributed by atoms with Gasteiger partial charge in [0, 0.05) is 12.0 Å². The minimum atomic E-state index is 0. The summed E-state index contributed by atoms with van der Waals surface area (Å²) in [7, 11) is 0. The van der Waals surface area contributed by atoms with Crippen molar-refractivity contribution in [3.63, 3.8) is 0 Å². The summed E-state index contributed by atoms with van der Waals surface area (Å²) in [4.78, 5) is 12.4. The van der Waals surface area contributed by atoms with E-state index in [1.165, 1.54) is 38.5 Å².